The molecule has 0 aliphatic heterocycles. The summed E-state index contributed by atoms with van der Waals surface area (Å²) in [4.78, 5) is 12.5. The summed E-state index contributed by atoms with van der Waals surface area (Å²) >= 11 is 0. The lowest BCUT2D eigenvalue weighted by molar-refractivity contribution is -0.196. The SMILES string of the molecule is O=C(OCCC(F)C(F)(F)S(=O)(=O)O)C12CC3CC(CC(O)(C3)C1)C2.S. The lowest BCUT2D eigenvalue weighted by atomic mass is 9.48. The molecule has 2 N–H and O–H groups in total. The molecule has 0 aromatic carbocycles. The van der Waals surface area contributed by atoms with Crippen molar-refractivity contribution in [1.29, 1.82) is 0 Å². The van der Waals surface area contributed by atoms with Crippen molar-refractivity contribution in [3.63, 3.8) is 0 Å². The van der Waals surface area contributed by atoms with Crippen LogP contribution in [-0.2, 0) is 19.6 Å². The first-order valence-corrected chi connectivity index (χ1v) is 9.69. The predicted molar refractivity (Wildman–Crippen MR) is 89.4 cm³/mol. The number of aliphatic hydroxyl groups is 1. The molecule has 4 bridgehead atoms. The molecular formula is C15H23F3O6S2. The third-order valence-corrected chi connectivity index (χ3v) is 6.72. The van der Waals surface area contributed by atoms with Crippen molar-refractivity contribution in [1.82, 2.24) is 0 Å². The van der Waals surface area contributed by atoms with E-state index in [-0.39, 0.29) is 31.8 Å². The van der Waals surface area contributed by atoms with Gasteiger partial charge in [0, 0.05) is 6.42 Å². The van der Waals surface area contributed by atoms with Crippen LogP contribution in [0.25, 0.3) is 0 Å². The molecule has 0 amide bonds. The van der Waals surface area contributed by atoms with E-state index in [1.165, 1.54) is 0 Å². The van der Waals surface area contributed by atoms with Crippen LogP contribution < -0.4 is 0 Å². The fourth-order valence-electron chi connectivity index (χ4n) is 5.19. The van der Waals surface area contributed by atoms with Crippen LogP contribution in [0.2, 0.25) is 0 Å². The van der Waals surface area contributed by atoms with Gasteiger partial charge in [0.05, 0.1) is 17.6 Å². The van der Waals surface area contributed by atoms with E-state index in [1.807, 2.05) is 0 Å². The number of alkyl halides is 3. The molecule has 0 heterocycles. The molecule has 4 aliphatic carbocycles. The van der Waals surface area contributed by atoms with E-state index in [0.29, 0.717) is 25.7 Å². The maximum atomic E-state index is 13.4. The Morgan fingerprint density at radius 1 is 1.23 bits per heavy atom. The minimum Gasteiger partial charge on any atom is -0.465 e. The second kappa shape index (κ2) is 6.82. The molecule has 0 radical (unpaired) electrons. The zero-order valence-electron chi connectivity index (χ0n) is 14.0. The van der Waals surface area contributed by atoms with Crippen molar-refractivity contribution in [2.24, 2.45) is 17.3 Å². The quantitative estimate of drug-likeness (QED) is 0.505. The van der Waals surface area contributed by atoms with E-state index < -0.39 is 51.6 Å². The van der Waals surface area contributed by atoms with Crippen molar-refractivity contribution < 1.29 is 40.8 Å². The van der Waals surface area contributed by atoms with Gasteiger partial charge in [-0.2, -0.15) is 30.7 Å². The fourth-order valence-corrected chi connectivity index (χ4v) is 5.63. The number of rotatable bonds is 6. The van der Waals surface area contributed by atoms with Crippen LogP contribution in [0.5, 0.6) is 0 Å². The van der Waals surface area contributed by atoms with Crippen LogP contribution in [0.3, 0.4) is 0 Å². The molecule has 0 spiro atoms. The average molecular weight is 420 g/mol. The summed E-state index contributed by atoms with van der Waals surface area (Å²) in [5.74, 6) is -0.212. The van der Waals surface area contributed by atoms with Gasteiger partial charge >= 0.3 is 21.3 Å². The van der Waals surface area contributed by atoms with E-state index in [0.717, 1.165) is 6.42 Å². The highest BCUT2D eigenvalue weighted by Gasteiger charge is 2.61. The van der Waals surface area contributed by atoms with Crippen LogP contribution in [0.15, 0.2) is 0 Å². The van der Waals surface area contributed by atoms with Crippen LogP contribution >= 0.6 is 13.5 Å². The van der Waals surface area contributed by atoms with Crippen LogP contribution in [-0.4, -0.2) is 47.7 Å². The van der Waals surface area contributed by atoms with Crippen LogP contribution in [0, 0.1) is 17.3 Å². The van der Waals surface area contributed by atoms with Crippen LogP contribution in [0.1, 0.15) is 44.9 Å². The number of hydrogen-bond donors (Lipinski definition) is 2. The standard InChI is InChI=1S/C15H21F3O6S.H2S/c16-11(15(17,18)25(21,22)23)1-2-24-12(19)13-4-9-3-10(5-13)7-14(20,6-9)8-13;/h9-11,20H,1-8H2,(H,21,22,23);1H2. The molecule has 4 aliphatic rings. The molecule has 26 heavy (non-hydrogen) atoms. The third-order valence-electron chi connectivity index (χ3n) is 5.78. The third kappa shape index (κ3) is 3.72. The van der Waals surface area contributed by atoms with Crippen molar-refractivity contribution >= 4 is 29.6 Å². The second-order valence-corrected chi connectivity index (χ2v) is 9.39. The first kappa shape index (κ1) is 21.8. The Balaban J connectivity index is 0.00000243. The first-order chi connectivity index (χ1) is 11.4. The molecule has 4 fully saturated rings. The number of halogens is 3. The van der Waals surface area contributed by atoms with Gasteiger partial charge in [-0.05, 0) is 50.4 Å². The highest BCUT2D eigenvalue weighted by atomic mass is 32.2. The predicted octanol–water partition coefficient (Wildman–Crippen LogP) is 2.18. The number of esters is 1. The Hall–Kier alpha value is -0.520. The smallest absolute Gasteiger partial charge is 0.400 e. The average Bonchev–Trinajstić information content (AvgIpc) is 2.42. The maximum absolute atomic E-state index is 13.4. The fraction of sp³-hybridized carbons (Fsp3) is 0.933. The lowest BCUT2D eigenvalue weighted by Crippen LogP contribution is -2.58. The number of carbonyl (C=O) groups is 1. The van der Waals surface area contributed by atoms with Crippen molar-refractivity contribution in [2.75, 3.05) is 6.61 Å². The Morgan fingerprint density at radius 3 is 2.23 bits per heavy atom. The number of hydrogen-bond acceptors (Lipinski definition) is 5. The maximum Gasteiger partial charge on any atom is 0.400 e. The molecule has 11 heteroatoms. The molecule has 0 aromatic rings. The summed E-state index contributed by atoms with van der Waals surface area (Å²) in [5.41, 5.74) is -1.76. The summed E-state index contributed by atoms with van der Waals surface area (Å²) in [7, 11) is -5.88. The topological polar surface area (TPSA) is 101 Å². The van der Waals surface area contributed by atoms with Gasteiger partial charge < -0.3 is 9.84 Å². The number of carbonyl (C=O) groups excluding carboxylic acids is 1. The van der Waals surface area contributed by atoms with E-state index in [4.69, 9.17) is 9.29 Å². The van der Waals surface area contributed by atoms with E-state index in [1.54, 1.807) is 0 Å². The Bertz CT molecular complexity index is 654. The van der Waals surface area contributed by atoms with Gasteiger partial charge in [0.25, 0.3) is 0 Å². The van der Waals surface area contributed by atoms with Crippen molar-refractivity contribution in [3.8, 4) is 0 Å². The molecule has 6 nitrogen and oxygen atoms in total. The zero-order chi connectivity index (χ0) is 18.7. The molecule has 152 valence electrons. The summed E-state index contributed by atoms with van der Waals surface area (Å²) in [5, 5.41) is 5.62. The van der Waals surface area contributed by atoms with Crippen LogP contribution in [0.4, 0.5) is 13.2 Å². The van der Waals surface area contributed by atoms with E-state index in [9.17, 15) is 31.5 Å². The van der Waals surface area contributed by atoms with Gasteiger partial charge in [0.2, 0.25) is 0 Å². The van der Waals surface area contributed by atoms with Gasteiger partial charge in [-0.25, -0.2) is 4.39 Å². The van der Waals surface area contributed by atoms with E-state index in [2.05, 4.69) is 0 Å². The summed E-state index contributed by atoms with van der Waals surface area (Å²) in [6, 6.07) is 0. The molecule has 0 saturated heterocycles. The Labute approximate surface area is 156 Å². The summed E-state index contributed by atoms with van der Waals surface area (Å²) in [6.07, 6.45) is -0.620. The molecular weight excluding hydrogens is 397 g/mol. The second-order valence-electron chi connectivity index (χ2n) is 7.89. The van der Waals surface area contributed by atoms with Gasteiger partial charge in [-0.3, -0.25) is 9.35 Å². The molecule has 0 aromatic heterocycles. The normalized spacial score (nSPS) is 37.1. The van der Waals surface area contributed by atoms with Crippen molar-refractivity contribution in [2.45, 2.75) is 62.0 Å². The van der Waals surface area contributed by atoms with Gasteiger partial charge in [-0.1, -0.05) is 0 Å². The minimum absolute atomic E-state index is 0. The van der Waals surface area contributed by atoms with Gasteiger partial charge in [0.15, 0.2) is 6.17 Å². The van der Waals surface area contributed by atoms with Gasteiger partial charge in [0.1, 0.15) is 0 Å². The Kier molecular flexibility index (Phi) is 5.71. The molecule has 4 rings (SSSR count). The van der Waals surface area contributed by atoms with Crippen molar-refractivity contribution in [3.05, 3.63) is 0 Å². The highest BCUT2D eigenvalue weighted by Crippen LogP contribution is 2.62. The summed E-state index contributed by atoms with van der Waals surface area (Å²) in [6.45, 7) is -0.722. The number of ether oxygens (including phenoxy) is 1. The lowest BCUT2D eigenvalue weighted by Gasteiger charge is -2.58. The molecule has 3 atom stereocenters. The Morgan fingerprint density at radius 2 is 1.77 bits per heavy atom. The van der Waals surface area contributed by atoms with Gasteiger partial charge in [-0.15, -0.1) is 0 Å². The minimum atomic E-state index is -5.88. The summed E-state index contributed by atoms with van der Waals surface area (Å²) < 4.78 is 74.0. The largest absolute Gasteiger partial charge is 0.465 e. The molecule has 3 unspecified atom stereocenters. The first-order valence-electron chi connectivity index (χ1n) is 8.25. The van der Waals surface area contributed by atoms with E-state index >= 15 is 0 Å². The molecule has 4 saturated carbocycles. The zero-order valence-corrected chi connectivity index (χ0v) is 15.8. The highest BCUT2D eigenvalue weighted by molar-refractivity contribution is 7.86. The monoisotopic (exact) mass is 420 g/mol.